The minimum atomic E-state index is 0.292. The van der Waals surface area contributed by atoms with Crippen LogP contribution < -0.4 is 0 Å². The van der Waals surface area contributed by atoms with Crippen molar-refractivity contribution < 1.29 is 4.79 Å². The summed E-state index contributed by atoms with van der Waals surface area (Å²) in [6, 6.07) is 6.29. The van der Waals surface area contributed by atoms with Crippen LogP contribution >= 0.6 is 0 Å². The fourth-order valence-corrected chi connectivity index (χ4v) is 1.75. The van der Waals surface area contributed by atoms with Gasteiger partial charge in [-0.1, -0.05) is 35.4 Å². The molecule has 0 saturated heterocycles. The fraction of sp³-hybridized carbons (Fsp3) is 0.357. The predicted octanol–water partition coefficient (Wildman–Crippen LogP) is 3.38. The standard InChI is InChI=1S/C14H18O/c1-4-5-6-14(15)10-13-8-11(2)7-12(3)9-13/h4,7-9H,1,5-6,10H2,2-3H3. The zero-order valence-electron chi connectivity index (χ0n) is 9.55. The van der Waals surface area contributed by atoms with Gasteiger partial charge < -0.3 is 0 Å². The van der Waals surface area contributed by atoms with Gasteiger partial charge in [0.25, 0.3) is 0 Å². The van der Waals surface area contributed by atoms with Crippen LogP contribution in [0.15, 0.2) is 30.9 Å². The highest BCUT2D eigenvalue weighted by Crippen LogP contribution is 2.10. The van der Waals surface area contributed by atoms with E-state index in [4.69, 9.17) is 0 Å². The third kappa shape index (κ3) is 4.11. The van der Waals surface area contributed by atoms with Gasteiger partial charge in [0, 0.05) is 12.8 Å². The second-order valence-corrected chi connectivity index (χ2v) is 4.04. The Hall–Kier alpha value is -1.37. The highest BCUT2D eigenvalue weighted by Gasteiger charge is 2.03. The minimum absolute atomic E-state index is 0.292. The second kappa shape index (κ2) is 5.50. The lowest BCUT2D eigenvalue weighted by Crippen LogP contribution is -2.02. The molecule has 0 aliphatic carbocycles. The summed E-state index contributed by atoms with van der Waals surface area (Å²) in [5, 5.41) is 0. The summed E-state index contributed by atoms with van der Waals surface area (Å²) >= 11 is 0. The molecule has 1 aromatic carbocycles. The van der Waals surface area contributed by atoms with Crippen LogP contribution in [0.4, 0.5) is 0 Å². The molecule has 0 fully saturated rings. The summed E-state index contributed by atoms with van der Waals surface area (Å²) in [6.45, 7) is 7.74. The molecule has 1 nitrogen and oxygen atoms in total. The van der Waals surface area contributed by atoms with Gasteiger partial charge in [-0.3, -0.25) is 4.79 Å². The van der Waals surface area contributed by atoms with Crippen molar-refractivity contribution in [1.82, 2.24) is 0 Å². The number of allylic oxidation sites excluding steroid dienone is 1. The summed E-state index contributed by atoms with van der Waals surface area (Å²) in [5.41, 5.74) is 3.57. The topological polar surface area (TPSA) is 17.1 Å². The van der Waals surface area contributed by atoms with Gasteiger partial charge in [0.2, 0.25) is 0 Å². The maximum absolute atomic E-state index is 11.5. The Morgan fingerprint density at radius 3 is 2.40 bits per heavy atom. The van der Waals surface area contributed by atoms with E-state index < -0.39 is 0 Å². The van der Waals surface area contributed by atoms with Crippen molar-refractivity contribution in [3.05, 3.63) is 47.5 Å². The van der Waals surface area contributed by atoms with E-state index in [1.54, 1.807) is 6.08 Å². The fourth-order valence-electron chi connectivity index (χ4n) is 1.75. The van der Waals surface area contributed by atoms with E-state index in [1.807, 2.05) is 0 Å². The third-order valence-electron chi connectivity index (χ3n) is 2.31. The Morgan fingerprint density at radius 2 is 1.87 bits per heavy atom. The first-order chi connectivity index (χ1) is 7.11. The van der Waals surface area contributed by atoms with Gasteiger partial charge in [-0.15, -0.1) is 6.58 Å². The molecule has 1 aromatic rings. The number of hydrogen-bond acceptors (Lipinski definition) is 1. The molecule has 0 spiro atoms. The number of Topliss-reactive ketones (excluding diaryl/α,β-unsaturated/α-hetero) is 1. The zero-order chi connectivity index (χ0) is 11.3. The molecule has 0 aliphatic rings. The van der Waals surface area contributed by atoms with E-state index in [0.717, 1.165) is 12.0 Å². The molecule has 0 aromatic heterocycles. The molecule has 1 rings (SSSR count). The van der Waals surface area contributed by atoms with Crippen molar-refractivity contribution in [2.45, 2.75) is 33.1 Å². The molecule has 0 unspecified atom stereocenters. The molecule has 80 valence electrons. The van der Waals surface area contributed by atoms with E-state index in [-0.39, 0.29) is 0 Å². The molecule has 0 radical (unpaired) electrons. The SMILES string of the molecule is C=CCCC(=O)Cc1cc(C)cc(C)c1. The van der Waals surface area contributed by atoms with E-state index in [9.17, 15) is 4.79 Å². The van der Waals surface area contributed by atoms with E-state index >= 15 is 0 Å². The minimum Gasteiger partial charge on any atom is -0.299 e. The first-order valence-electron chi connectivity index (χ1n) is 5.31. The Labute approximate surface area is 91.8 Å². The summed E-state index contributed by atoms with van der Waals surface area (Å²) in [5.74, 6) is 0.292. The van der Waals surface area contributed by atoms with Crippen molar-refractivity contribution in [1.29, 1.82) is 0 Å². The van der Waals surface area contributed by atoms with Crippen LogP contribution in [0, 0.1) is 13.8 Å². The Bertz CT molecular complexity index is 343. The van der Waals surface area contributed by atoms with E-state index in [2.05, 4.69) is 38.6 Å². The van der Waals surface area contributed by atoms with Gasteiger partial charge >= 0.3 is 0 Å². The molecule has 0 bridgehead atoms. The number of ketones is 1. The predicted molar refractivity (Wildman–Crippen MR) is 64.1 cm³/mol. The van der Waals surface area contributed by atoms with Gasteiger partial charge in [0.05, 0.1) is 0 Å². The maximum Gasteiger partial charge on any atom is 0.137 e. The molecule has 0 heterocycles. The van der Waals surface area contributed by atoms with Gasteiger partial charge in [-0.2, -0.15) is 0 Å². The Morgan fingerprint density at radius 1 is 1.27 bits per heavy atom. The second-order valence-electron chi connectivity index (χ2n) is 4.04. The number of hydrogen-bond donors (Lipinski definition) is 0. The van der Waals surface area contributed by atoms with Crippen LogP contribution in [-0.2, 0) is 11.2 Å². The van der Waals surface area contributed by atoms with Gasteiger partial charge in [0.1, 0.15) is 5.78 Å². The van der Waals surface area contributed by atoms with E-state index in [1.165, 1.54) is 11.1 Å². The first-order valence-corrected chi connectivity index (χ1v) is 5.31. The summed E-state index contributed by atoms with van der Waals surface area (Å²) in [6.07, 6.45) is 3.73. The molecule has 1 heteroatoms. The third-order valence-corrected chi connectivity index (χ3v) is 2.31. The van der Waals surface area contributed by atoms with Crippen LogP contribution in [0.3, 0.4) is 0 Å². The Kier molecular flexibility index (Phi) is 4.29. The smallest absolute Gasteiger partial charge is 0.137 e. The van der Waals surface area contributed by atoms with Crippen molar-refractivity contribution in [3.63, 3.8) is 0 Å². The largest absolute Gasteiger partial charge is 0.299 e. The number of benzene rings is 1. The first kappa shape index (κ1) is 11.7. The maximum atomic E-state index is 11.5. The van der Waals surface area contributed by atoms with Gasteiger partial charge in [-0.05, 0) is 25.8 Å². The molecule has 0 aliphatic heterocycles. The van der Waals surface area contributed by atoms with Crippen molar-refractivity contribution >= 4 is 5.78 Å². The molecule has 0 N–H and O–H groups in total. The highest BCUT2D eigenvalue weighted by molar-refractivity contribution is 5.81. The van der Waals surface area contributed by atoms with Crippen LogP contribution in [0.25, 0.3) is 0 Å². The van der Waals surface area contributed by atoms with Crippen molar-refractivity contribution in [2.24, 2.45) is 0 Å². The van der Waals surface area contributed by atoms with Crippen LogP contribution in [0.5, 0.6) is 0 Å². The molecule has 0 atom stereocenters. The average Bonchev–Trinajstić information content (AvgIpc) is 2.13. The lowest BCUT2D eigenvalue weighted by Gasteiger charge is -2.03. The lowest BCUT2D eigenvalue weighted by atomic mass is 10.0. The van der Waals surface area contributed by atoms with E-state index in [0.29, 0.717) is 18.6 Å². The van der Waals surface area contributed by atoms with Crippen molar-refractivity contribution in [3.8, 4) is 0 Å². The molecular weight excluding hydrogens is 184 g/mol. The molecule has 15 heavy (non-hydrogen) atoms. The highest BCUT2D eigenvalue weighted by atomic mass is 16.1. The molecule has 0 saturated carbocycles. The quantitative estimate of drug-likeness (QED) is 0.669. The van der Waals surface area contributed by atoms with Crippen LogP contribution in [0.1, 0.15) is 29.5 Å². The Balaban J connectivity index is 2.63. The number of aryl methyl sites for hydroxylation is 2. The van der Waals surface area contributed by atoms with Gasteiger partial charge in [0.15, 0.2) is 0 Å². The summed E-state index contributed by atoms with van der Waals surface area (Å²) < 4.78 is 0. The molecular formula is C14H18O. The normalized spacial score (nSPS) is 10.0. The zero-order valence-corrected chi connectivity index (χ0v) is 9.55. The van der Waals surface area contributed by atoms with Crippen LogP contribution in [0.2, 0.25) is 0 Å². The summed E-state index contributed by atoms with van der Waals surface area (Å²) in [7, 11) is 0. The monoisotopic (exact) mass is 202 g/mol. The van der Waals surface area contributed by atoms with Gasteiger partial charge in [-0.25, -0.2) is 0 Å². The molecule has 0 amide bonds. The average molecular weight is 202 g/mol. The lowest BCUT2D eigenvalue weighted by molar-refractivity contribution is -0.118. The summed E-state index contributed by atoms with van der Waals surface area (Å²) in [4.78, 5) is 11.5. The van der Waals surface area contributed by atoms with Crippen LogP contribution in [-0.4, -0.2) is 5.78 Å². The number of carbonyl (C=O) groups is 1. The number of carbonyl (C=O) groups excluding carboxylic acids is 1. The number of rotatable bonds is 5. The van der Waals surface area contributed by atoms with Crippen molar-refractivity contribution in [2.75, 3.05) is 0 Å².